The van der Waals surface area contributed by atoms with Gasteiger partial charge in [-0.15, -0.1) is 0 Å². The van der Waals surface area contributed by atoms with E-state index in [0.717, 1.165) is 0 Å². The van der Waals surface area contributed by atoms with Crippen LogP contribution in [-0.4, -0.2) is 19.1 Å². The molecule has 0 aliphatic heterocycles. The first-order valence-electron chi connectivity index (χ1n) is 4.96. The molecular weight excluding hydrogens is 247 g/mol. The van der Waals surface area contributed by atoms with Crippen molar-refractivity contribution in [3.05, 3.63) is 29.3 Å². The minimum atomic E-state index is -5.03. The van der Waals surface area contributed by atoms with Crippen LogP contribution in [0.2, 0.25) is 0 Å². The van der Waals surface area contributed by atoms with E-state index >= 15 is 0 Å². The zero-order valence-corrected chi connectivity index (χ0v) is 9.71. The zero-order valence-electron chi connectivity index (χ0n) is 9.71. The molecule has 0 spiro atoms. The van der Waals surface area contributed by atoms with E-state index in [4.69, 9.17) is 10.00 Å². The Morgan fingerprint density at radius 2 is 2.06 bits per heavy atom. The number of carbonyl (C=O) groups excluding carboxylic acids is 1. The molecule has 0 bridgehead atoms. The Balaban J connectivity index is 3.19. The van der Waals surface area contributed by atoms with Gasteiger partial charge in [-0.2, -0.15) is 18.4 Å². The maximum Gasteiger partial charge on any atom is 0.451 e. The number of carbonyl (C=O) groups is 1. The summed E-state index contributed by atoms with van der Waals surface area (Å²) in [6.45, 7) is 1.70. The van der Waals surface area contributed by atoms with Gasteiger partial charge in [-0.3, -0.25) is 4.79 Å². The monoisotopic (exact) mass is 257 g/mol. The Hall–Kier alpha value is -2.03. The van der Waals surface area contributed by atoms with Gasteiger partial charge in [-0.05, 0) is 24.1 Å². The summed E-state index contributed by atoms with van der Waals surface area (Å²) in [5.74, 6) is -3.60. The van der Waals surface area contributed by atoms with Gasteiger partial charge in [0.25, 0.3) is 5.78 Å². The number of halogens is 3. The summed E-state index contributed by atoms with van der Waals surface area (Å²) < 4.78 is 41.8. The number of ether oxygens (including phenoxy) is 1. The second-order valence-corrected chi connectivity index (χ2v) is 3.65. The largest absolute Gasteiger partial charge is 0.496 e. The summed E-state index contributed by atoms with van der Waals surface area (Å²) >= 11 is 0. The van der Waals surface area contributed by atoms with Crippen LogP contribution in [0.25, 0.3) is 0 Å². The SMILES string of the molecule is COc1cc(C(C#N)C(=O)C(F)(F)F)ccc1C. The van der Waals surface area contributed by atoms with Crippen molar-refractivity contribution < 1.29 is 22.7 Å². The lowest BCUT2D eigenvalue weighted by molar-refractivity contribution is -0.171. The van der Waals surface area contributed by atoms with Gasteiger partial charge in [0.15, 0.2) is 0 Å². The normalized spacial score (nSPS) is 12.7. The Kier molecular flexibility index (Phi) is 3.96. The topological polar surface area (TPSA) is 50.1 Å². The average molecular weight is 257 g/mol. The third-order valence-electron chi connectivity index (χ3n) is 2.44. The Bertz CT molecular complexity index is 503. The lowest BCUT2D eigenvalue weighted by atomic mass is 9.94. The van der Waals surface area contributed by atoms with E-state index in [1.165, 1.54) is 31.4 Å². The van der Waals surface area contributed by atoms with Gasteiger partial charge in [0.1, 0.15) is 11.7 Å². The molecular formula is C12H10F3NO2. The van der Waals surface area contributed by atoms with Crippen LogP contribution >= 0.6 is 0 Å². The van der Waals surface area contributed by atoms with Gasteiger partial charge < -0.3 is 4.74 Å². The van der Waals surface area contributed by atoms with Crippen LogP contribution in [0.3, 0.4) is 0 Å². The second kappa shape index (κ2) is 5.08. The van der Waals surface area contributed by atoms with E-state index in [0.29, 0.717) is 11.3 Å². The molecule has 0 saturated heterocycles. The number of nitriles is 1. The minimum absolute atomic E-state index is 0.0257. The third kappa shape index (κ3) is 2.80. The van der Waals surface area contributed by atoms with Crippen LogP contribution in [0.15, 0.2) is 18.2 Å². The quantitative estimate of drug-likeness (QED) is 0.836. The van der Waals surface area contributed by atoms with Crippen molar-refractivity contribution in [3.8, 4) is 11.8 Å². The predicted octanol–water partition coefficient (Wildman–Crippen LogP) is 2.74. The van der Waals surface area contributed by atoms with Crippen molar-refractivity contribution in [1.29, 1.82) is 5.26 Å². The molecule has 0 fully saturated rings. The van der Waals surface area contributed by atoms with E-state index < -0.39 is 17.9 Å². The van der Waals surface area contributed by atoms with Crippen LogP contribution in [0.1, 0.15) is 17.0 Å². The maximum absolute atomic E-state index is 12.3. The molecule has 3 nitrogen and oxygen atoms in total. The van der Waals surface area contributed by atoms with Gasteiger partial charge in [0.05, 0.1) is 13.2 Å². The number of methoxy groups -OCH3 is 1. The molecule has 0 aromatic heterocycles. The van der Waals surface area contributed by atoms with Crippen LogP contribution in [-0.2, 0) is 4.79 Å². The number of hydrogen-bond acceptors (Lipinski definition) is 3. The van der Waals surface area contributed by atoms with E-state index in [-0.39, 0.29) is 5.56 Å². The predicted molar refractivity (Wildman–Crippen MR) is 57.1 cm³/mol. The summed E-state index contributed by atoms with van der Waals surface area (Å²) in [7, 11) is 1.36. The first-order valence-corrected chi connectivity index (χ1v) is 4.96. The van der Waals surface area contributed by atoms with Crippen molar-refractivity contribution in [2.24, 2.45) is 0 Å². The molecule has 0 radical (unpaired) electrons. The highest BCUT2D eigenvalue weighted by Crippen LogP contribution is 2.30. The molecule has 0 amide bonds. The molecule has 96 valence electrons. The van der Waals surface area contributed by atoms with Crippen LogP contribution < -0.4 is 4.74 Å². The molecule has 1 aromatic carbocycles. The van der Waals surface area contributed by atoms with Gasteiger partial charge in [-0.25, -0.2) is 0 Å². The summed E-state index contributed by atoms with van der Waals surface area (Å²) in [4.78, 5) is 11.1. The van der Waals surface area contributed by atoms with E-state index in [1.807, 2.05) is 0 Å². The number of rotatable bonds is 3. The lowest BCUT2D eigenvalue weighted by Crippen LogP contribution is -2.28. The zero-order chi connectivity index (χ0) is 13.9. The maximum atomic E-state index is 12.3. The molecule has 6 heteroatoms. The summed E-state index contributed by atoms with van der Waals surface area (Å²) in [6, 6.07) is 5.46. The highest BCUT2D eigenvalue weighted by molar-refractivity contribution is 5.93. The van der Waals surface area contributed by atoms with Gasteiger partial charge in [-0.1, -0.05) is 12.1 Å². The van der Waals surface area contributed by atoms with Crippen molar-refractivity contribution in [2.75, 3.05) is 7.11 Å². The molecule has 0 heterocycles. The molecule has 18 heavy (non-hydrogen) atoms. The highest BCUT2D eigenvalue weighted by Gasteiger charge is 2.44. The average Bonchev–Trinajstić information content (AvgIpc) is 2.30. The van der Waals surface area contributed by atoms with Gasteiger partial charge >= 0.3 is 6.18 Å². The number of hydrogen-bond donors (Lipinski definition) is 0. The standard InChI is InChI=1S/C12H10F3NO2/c1-7-3-4-8(5-10(7)18-2)9(6-16)11(17)12(13,14)15/h3-5,9H,1-2H3. The number of nitrogens with zero attached hydrogens (tertiary/aromatic N) is 1. The number of benzene rings is 1. The molecule has 1 aromatic rings. The Labute approximate surface area is 102 Å². The number of aryl methyl sites for hydroxylation is 1. The van der Waals surface area contributed by atoms with Gasteiger partial charge in [0.2, 0.25) is 0 Å². The van der Waals surface area contributed by atoms with E-state index in [2.05, 4.69) is 0 Å². The Morgan fingerprint density at radius 1 is 1.44 bits per heavy atom. The lowest BCUT2D eigenvalue weighted by Gasteiger charge is -2.13. The van der Waals surface area contributed by atoms with Crippen LogP contribution in [0, 0.1) is 18.3 Å². The van der Waals surface area contributed by atoms with Crippen molar-refractivity contribution in [1.82, 2.24) is 0 Å². The van der Waals surface area contributed by atoms with Crippen LogP contribution in [0.5, 0.6) is 5.75 Å². The van der Waals surface area contributed by atoms with Crippen molar-refractivity contribution in [2.45, 2.75) is 19.0 Å². The fourth-order valence-corrected chi connectivity index (χ4v) is 1.46. The fraction of sp³-hybridized carbons (Fsp3) is 0.333. The second-order valence-electron chi connectivity index (χ2n) is 3.65. The molecule has 0 saturated carbocycles. The smallest absolute Gasteiger partial charge is 0.451 e. The Morgan fingerprint density at radius 3 is 2.50 bits per heavy atom. The first-order chi connectivity index (χ1) is 8.31. The van der Waals surface area contributed by atoms with Crippen molar-refractivity contribution in [3.63, 3.8) is 0 Å². The molecule has 1 atom stereocenters. The number of alkyl halides is 3. The third-order valence-corrected chi connectivity index (χ3v) is 2.44. The molecule has 1 rings (SSSR count). The molecule has 0 aliphatic rings. The number of ketones is 1. The minimum Gasteiger partial charge on any atom is -0.496 e. The fourth-order valence-electron chi connectivity index (χ4n) is 1.46. The summed E-state index contributed by atoms with van der Waals surface area (Å²) in [6.07, 6.45) is -5.03. The van der Waals surface area contributed by atoms with Crippen LogP contribution in [0.4, 0.5) is 13.2 Å². The molecule has 0 aliphatic carbocycles. The highest BCUT2D eigenvalue weighted by atomic mass is 19.4. The summed E-state index contributed by atoms with van der Waals surface area (Å²) in [5, 5.41) is 8.73. The first kappa shape index (κ1) is 14.0. The van der Waals surface area contributed by atoms with Gasteiger partial charge in [0, 0.05) is 0 Å². The van der Waals surface area contributed by atoms with Crippen molar-refractivity contribution >= 4 is 5.78 Å². The van der Waals surface area contributed by atoms with E-state index in [9.17, 15) is 18.0 Å². The van der Waals surface area contributed by atoms with E-state index in [1.54, 1.807) is 6.92 Å². The number of Topliss-reactive ketones (excluding diaryl/α,β-unsaturated/α-hetero) is 1. The molecule has 0 N–H and O–H groups in total. The molecule has 1 unspecified atom stereocenters. The summed E-state index contributed by atoms with van der Waals surface area (Å²) in [5.41, 5.74) is 0.680.